The minimum absolute atomic E-state index is 0.154. The van der Waals surface area contributed by atoms with Gasteiger partial charge in [0.1, 0.15) is 0 Å². The number of nitrogens with zero attached hydrogens (tertiary/aromatic N) is 3. The molecule has 0 aliphatic carbocycles. The summed E-state index contributed by atoms with van der Waals surface area (Å²) in [5.74, 6) is 0.154. The zero-order valence-corrected chi connectivity index (χ0v) is 8.86. The van der Waals surface area contributed by atoms with Crippen LogP contribution < -0.4 is 5.73 Å². The summed E-state index contributed by atoms with van der Waals surface area (Å²) in [7, 11) is 0. The van der Waals surface area contributed by atoms with E-state index in [0.717, 1.165) is 16.9 Å². The molecule has 0 unspecified atom stereocenters. The van der Waals surface area contributed by atoms with E-state index in [-0.39, 0.29) is 11.5 Å². The molecule has 0 spiro atoms. The summed E-state index contributed by atoms with van der Waals surface area (Å²) in [6.07, 6.45) is -3.11. The van der Waals surface area contributed by atoms with E-state index in [0.29, 0.717) is 5.56 Å². The Morgan fingerprint density at radius 3 is 2.53 bits per heavy atom. The van der Waals surface area contributed by atoms with Crippen molar-refractivity contribution < 1.29 is 13.2 Å². The van der Waals surface area contributed by atoms with E-state index < -0.39 is 11.7 Å². The molecule has 0 aliphatic heterocycles. The maximum atomic E-state index is 12.5. The van der Waals surface area contributed by atoms with Crippen LogP contribution in [0.5, 0.6) is 0 Å². The van der Waals surface area contributed by atoms with Crippen molar-refractivity contribution in [2.24, 2.45) is 0 Å². The van der Waals surface area contributed by atoms with Gasteiger partial charge in [-0.2, -0.15) is 18.3 Å². The Kier molecular flexibility index (Phi) is 2.53. The maximum Gasteiger partial charge on any atom is 0.416 e. The molecule has 2 aromatic rings. The van der Waals surface area contributed by atoms with Gasteiger partial charge >= 0.3 is 6.18 Å². The molecule has 0 aliphatic rings. The van der Waals surface area contributed by atoms with Gasteiger partial charge in [0.15, 0.2) is 5.82 Å². The highest BCUT2D eigenvalue weighted by molar-refractivity contribution is 5.43. The summed E-state index contributed by atoms with van der Waals surface area (Å²) in [4.78, 5) is 1.08. The molecule has 0 saturated heterocycles. The van der Waals surface area contributed by atoms with Gasteiger partial charge in [-0.25, -0.2) is 0 Å². The lowest BCUT2D eigenvalue weighted by molar-refractivity contribution is -0.137. The van der Waals surface area contributed by atoms with Crippen molar-refractivity contribution in [3.05, 3.63) is 35.5 Å². The van der Waals surface area contributed by atoms with E-state index in [9.17, 15) is 13.2 Å². The minimum Gasteiger partial charge on any atom is -0.381 e. The van der Waals surface area contributed by atoms with Gasteiger partial charge in [-0.3, -0.25) is 0 Å². The molecule has 0 saturated carbocycles. The van der Waals surface area contributed by atoms with Gasteiger partial charge in [-0.15, -0.1) is 9.90 Å². The lowest BCUT2D eigenvalue weighted by atomic mass is 10.1. The first-order valence-electron chi connectivity index (χ1n) is 4.74. The molecule has 4 nitrogen and oxygen atoms in total. The van der Waals surface area contributed by atoms with E-state index in [1.165, 1.54) is 12.3 Å². The third-order valence-corrected chi connectivity index (χ3v) is 2.26. The van der Waals surface area contributed by atoms with E-state index in [4.69, 9.17) is 5.73 Å². The molecule has 1 heterocycles. The molecule has 0 radical (unpaired) electrons. The van der Waals surface area contributed by atoms with Crippen LogP contribution in [0, 0.1) is 6.92 Å². The zero-order chi connectivity index (χ0) is 12.6. The first kappa shape index (κ1) is 11.4. The van der Waals surface area contributed by atoms with Gasteiger partial charge in [0, 0.05) is 0 Å². The molecular formula is C10H9F3N4. The van der Waals surface area contributed by atoms with Gasteiger partial charge in [-0.1, -0.05) is 6.07 Å². The van der Waals surface area contributed by atoms with Crippen molar-refractivity contribution >= 4 is 5.82 Å². The van der Waals surface area contributed by atoms with Crippen LogP contribution in [0.3, 0.4) is 0 Å². The molecule has 0 fully saturated rings. The number of alkyl halides is 3. The molecular weight excluding hydrogens is 233 g/mol. The second-order valence-electron chi connectivity index (χ2n) is 3.56. The van der Waals surface area contributed by atoms with Crippen LogP contribution in [0.25, 0.3) is 5.69 Å². The van der Waals surface area contributed by atoms with E-state index >= 15 is 0 Å². The Morgan fingerprint density at radius 1 is 1.29 bits per heavy atom. The Hall–Kier alpha value is -2.05. The highest BCUT2D eigenvalue weighted by Gasteiger charge is 2.31. The van der Waals surface area contributed by atoms with Crippen molar-refractivity contribution in [1.29, 1.82) is 0 Å². The summed E-state index contributed by atoms with van der Waals surface area (Å²) in [6, 6.07) is 3.39. The minimum atomic E-state index is -4.39. The molecule has 17 heavy (non-hydrogen) atoms. The van der Waals surface area contributed by atoms with Crippen LogP contribution in [0.2, 0.25) is 0 Å². The molecule has 90 valence electrons. The number of nitrogens with two attached hydrogens (primary N) is 1. The van der Waals surface area contributed by atoms with Crippen molar-refractivity contribution in [2.45, 2.75) is 13.1 Å². The summed E-state index contributed by atoms with van der Waals surface area (Å²) in [5, 5.41) is 7.56. The number of benzene rings is 1. The fraction of sp³-hybridized carbons (Fsp3) is 0.200. The number of hydrogen-bond donors (Lipinski definition) is 1. The van der Waals surface area contributed by atoms with Crippen LogP contribution in [0.4, 0.5) is 19.0 Å². The second-order valence-corrected chi connectivity index (χ2v) is 3.56. The SMILES string of the molecule is Cc1ccc(C(F)(F)F)cc1-n1ncc(N)n1. The smallest absolute Gasteiger partial charge is 0.381 e. The van der Waals surface area contributed by atoms with Crippen LogP contribution in [0.1, 0.15) is 11.1 Å². The Bertz CT molecular complexity index is 545. The molecule has 2 rings (SSSR count). The quantitative estimate of drug-likeness (QED) is 0.833. The van der Waals surface area contributed by atoms with Gasteiger partial charge in [0.2, 0.25) is 0 Å². The third kappa shape index (κ3) is 2.22. The van der Waals surface area contributed by atoms with Gasteiger partial charge in [0.25, 0.3) is 0 Å². The number of aromatic nitrogens is 3. The van der Waals surface area contributed by atoms with Crippen LogP contribution in [-0.4, -0.2) is 15.0 Å². The monoisotopic (exact) mass is 242 g/mol. The normalized spacial score (nSPS) is 11.8. The van der Waals surface area contributed by atoms with E-state index in [1.54, 1.807) is 6.92 Å². The van der Waals surface area contributed by atoms with Crippen LogP contribution in [-0.2, 0) is 6.18 Å². The van der Waals surface area contributed by atoms with Gasteiger partial charge in [0.05, 0.1) is 17.4 Å². The fourth-order valence-electron chi connectivity index (χ4n) is 1.39. The lowest BCUT2D eigenvalue weighted by Crippen LogP contribution is -2.08. The molecule has 1 aromatic carbocycles. The number of hydrogen-bond acceptors (Lipinski definition) is 3. The number of aryl methyl sites for hydroxylation is 1. The number of halogens is 3. The Morgan fingerprint density at radius 2 is 2.00 bits per heavy atom. The maximum absolute atomic E-state index is 12.5. The average Bonchev–Trinajstić information content (AvgIpc) is 2.63. The van der Waals surface area contributed by atoms with Crippen LogP contribution in [0.15, 0.2) is 24.4 Å². The fourth-order valence-corrected chi connectivity index (χ4v) is 1.39. The standard InChI is InChI=1S/C10H9F3N4/c1-6-2-3-7(10(11,12)13)4-8(6)17-15-5-9(14)16-17/h2-5H,1H3,(H2,14,16). The number of rotatable bonds is 1. The van der Waals surface area contributed by atoms with Crippen molar-refractivity contribution in [2.75, 3.05) is 5.73 Å². The summed E-state index contributed by atoms with van der Waals surface area (Å²) >= 11 is 0. The number of nitrogen functional groups attached to an aromatic ring is 1. The predicted octanol–water partition coefficient (Wildman–Crippen LogP) is 2.18. The third-order valence-electron chi connectivity index (χ3n) is 2.26. The van der Waals surface area contributed by atoms with Gasteiger partial charge in [-0.05, 0) is 24.6 Å². The largest absolute Gasteiger partial charge is 0.416 e. The van der Waals surface area contributed by atoms with Crippen LogP contribution >= 0.6 is 0 Å². The Balaban J connectivity index is 2.54. The summed E-state index contributed by atoms with van der Waals surface area (Å²) in [5.41, 5.74) is 5.53. The van der Waals surface area contributed by atoms with Crippen molar-refractivity contribution in [3.8, 4) is 5.69 Å². The first-order chi connectivity index (χ1) is 7.88. The number of anilines is 1. The second kappa shape index (κ2) is 3.76. The predicted molar refractivity (Wildman–Crippen MR) is 55.5 cm³/mol. The van der Waals surface area contributed by atoms with Crippen molar-refractivity contribution in [3.63, 3.8) is 0 Å². The first-order valence-corrected chi connectivity index (χ1v) is 4.74. The Labute approximate surface area is 94.9 Å². The highest BCUT2D eigenvalue weighted by Crippen LogP contribution is 2.31. The highest BCUT2D eigenvalue weighted by atomic mass is 19.4. The molecule has 2 N–H and O–H groups in total. The van der Waals surface area contributed by atoms with Crippen molar-refractivity contribution in [1.82, 2.24) is 15.0 Å². The van der Waals surface area contributed by atoms with Gasteiger partial charge < -0.3 is 5.73 Å². The van der Waals surface area contributed by atoms with E-state index in [2.05, 4.69) is 10.2 Å². The lowest BCUT2D eigenvalue weighted by Gasteiger charge is -2.10. The molecule has 1 aromatic heterocycles. The topological polar surface area (TPSA) is 56.7 Å². The summed E-state index contributed by atoms with van der Waals surface area (Å²) < 4.78 is 37.6. The molecule has 0 bridgehead atoms. The van der Waals surface area contributed by atoms with E-state index in [1.807, 2.05) is 0 Å². The summed E-state index contributed by atoms with van der Waals surface area (Å²) in [6.45, 7) is 1.68. The average molecular weight is 242 g/mol. The molecule has 0 atom stereocenters. The zero-order valence-electron chi connectivity index (χ0n) is 8.86. The molecule has 7 heteroatoms. The molecule has 0 amide bonds.